The van der Waals surface area contributed by atoms with Crippen LogP contribution in [0.4, 0.5) is 14.5 Å². The molecule has 10 heteroatoms. The minimum atomic E-state index is -2.53. The lowest BCUT2D eigenvalue weighted by Gasteiger charge is -2.12. The van der Waals surface area contributed by atoms with Crippen molar-refractivity contribution in [2.24, 2.45) is 0 Å². The molecule has 0 spiro atoms. The smallest absolute Gasteiger partial charge is 0.326 e. The van der Waals surface area contributed by atoms with E-state index in [0.29, 0.717) is 22.3 Å². The molecule has 1 heterocycles. The van der Waals surface area contributed by atoms with Gasteiger partial charge in [-0.3, -0.25) is 24.1 Å². The van der Waals surface area contributed by atoms with Gasteiger partial charge in [0.1, 0.15) is 6.54 Å². The SMILES string of the molecule is O=C(COC(=O)CN1C(=O)CCC1=O)Nc1ccc(SC(F)F)cc1. The third kappa shape index (κ3) is 5.82. The van der Waals surface area contributed by atoms with Crippen molar-refractivity contribution in [3.8, 4) is 0 Å². The van der Waals surface area contributed by atoms with Crippen LogP contribution in [-0.2, 0) is 23.9 Å². The van der Waals surface area contributed by atoms with E-state index in [0.717, 1.165) is 4.90 Å². The number of hydrogen-bond acceptors (Lipinski definition) is 6. The zero-order valence-electron chi connectivity index (χ0n) is 12.9. The Kier molecular flexibility index (Phi) is 6.45. The van der Waals surface area contributed by atoms with Crippen molar-refractivity contribution in [1.82, 2.24) is 4.90 Å². The van der Waals surface area contributed by atoms with Crippen LogP contribution < -0.4 is 5.32 Å². The van der Waals surface area contributed by atoms with Crippen molar-refractivity contribution in [3.05, 3.63) is 24.3 Å². The molecular weight excluding hydrogens is 358 g/mol. The number of ether oxygens (including phenoxy) is 1. The first-order valence-electron chi connectivity index (χ1n) is 7.18. The number of thioether (sulfide) groups is 1. The first-order valence-corrected chi connectivity index (χ1v) is 8.06. The second kappa shape index (κ2) is 8.56. The van der Waals surface area contributed by atoms with Crippen LogP contribution in [0, 0.1) is 0 Å². The highest BCUT2D eigenvalue weighted by Crippen LogP contribution is 2.26. The van der Waals surface area contributed by atoms with Gasteiger partial charge in [0.25, 0.3) is 11.7 Å². The number of hydrogen-bond donors (Lipinski definition) is 1. The molecule has 1 aromatic rings. The van der Waals surface area contributed by atoms with E-state index in [1.807, 2.05) is 0 Å². The second-order valence-corrected chi connectivity index (χ2v) is 6.05. The van der Waals surface area contributed by atoms with Gasteiger partial charge < -0.3 is 10.1 Å². The van der Waals surface area contributed by atoms with Crippen LogP contribution in [0.25, 0.3) is 0 Å². The number of alkyl halides is 2. The van der Waals surface area contributed by atoms with Gasteiger partial charge in [-0.2, -0.15) is 8.78 Å². The van der Waals surface area contributed by atoms with Crippen molar-refractivity contribution >= 4 is 41.1 Å². The number of esters is 1. The minimum absolute atomic E-state index is 0.0619. The lowest BCUT2D eigenvalue weighted by molar-refractivity contribution is -0.153. The highest BCUT2D eigenvalue weighted by Gasteiger charge is 2.31. The fourth-order valence-corrected chi connectivity index (χ4v) is 2.54. The topological polar surface area (TPSA) is 92.8 Å². The maximum atomic E-state index is 12.2. The molecule has 0 aromatic heterocycles. The van der Waals surface area contributed by atoms with E-state index in [1.54, 1.807) is 0 Å². The molecule has 1 fully saturated rings. The monoisotopic (exact) mass is 372 g/mol. The van der Waals surface area contributed by atoms with Crippen LogP contribution in [-0.4, -0.2) is 47.5 Å². The highest BCUT2D eigenvalue weighted by molar-refractivity contribution is 7.99. The molecule has 25 heavy (non-hydrogen) atoms. The molecule has 0 aliphatic carbocycles. The summed E-state index contributed by atoms with van der Waals surface area (Å²) >= 11 is 0.380. The van der Waals surface area contributed by atoms with Crippen LogP contribution in [0.5, 0.6) is 0 Å². The summed E-state index contributed by atoms with van der Waals surface area (Å²) in [6, 6.07) is 5.71. The van der Waals surface area contributed by atoms with E-state index < -0.39 is 42.6 Å². The van der Waals surface area contributed by atoms with Crippen LogP contribution in [0.1, 0.15) is 12.8 Å². The molecule has 0 unspecified atom stereocenters. The summed E-state index contributed by atoms with van der Waals surface area (Å²) in [4.78, 5) is 47.1. The minimum Gasteiger partial charge on any atom is -0.454 e. The predicted octanol–water partition coefficient (Wildman–Crippen LogP) is 1.63. The number of nitrogens with one attached hydrogen (secondary N) is 1. The zero-order valence-corrected chi connectivity index (χ0v) is 13.7. The number of imide groups is 1. The quantitative estimate of drug-likeness (QED) is 0.444. The van der Waals surface area contributed by atoms with Crippen molar-refractivity contribution in [3.63, 3.8) is 0 Å². The first-order chi connectivity index (χ1) is 11.8. The Morgan fingerprint density at radius 3 is 2.32 bits per heavy atom. The van der Waals surface area contributed by atoms with Gasteiger partial charge >= 0.3 is 5.97 Å². The molecule has 1 aromatic carbocycles. The maximum Gasteiger partial charge on any atom is 0.326 e. The summed E-state index contributed by atoms with van der Waals surface area (Å²) in [5.74, 6) is -4.94. The van der Waals surface area contributed by atoms with Crippen molar-refractivity contribution in [2.75, 3.05) is 18.5 Å². The number of anilines is 1. The largest absolute Gasteiger partial charge is 0.454 e. The van der Waals surface area contributed by atoms with Crippen LogP contribution in [0.2, 0.25) is 0 Å². The van der Waals surface area contributed by atoms with Gasteiger partial charge in [-0.1, -0.05) is 11.8 Å². The van der Waals surface area contributed by atoms with E-state index in [1.165, 1.54) is 24.3 Å². The molecule has 1 aliphatic rings. The third-order valence-electron chi connectivity index (χ3n) is 3.17. The van der Waals surface area contributed by atoms with Crippen LogP contribution >= 0.6 is 11.8 Å². The molecule has 3 amide bonds. The number of carbonyl (C=O) groups is 4. The molecule has 1 saturated heterocycles. The Bertz CT molecular complexity index is 665. The number of likely N-dealkylation sites (tertiary alicyclic amines) is 1. The molecule has 0 bridgehead atoms. The van der Waals surface area contributed by atoms with Crippen LogP contribution in [0.15, 0.2) is 29.2 Å². The van der Waals surface area contributed by atoms with E-state index >= 15 is 0 Å². The van der Waals surface area contributed by atoms with Gasteiger partial charge in [-0.05, 0) is 24.3 Å². The number of benzene rings is 1. The molecule has 2 rings (SSSR count). The average Bonchev–Trinajstić information content (AvgIpc) is 2.86. The molecule has 0 atom stereocenters. The number of rotatable bonds is 7. The predicted molar refractivity (Wildman–Crippen MR) is 83.8 cm³/mol. The van der Waals surface area contributed by atoms with Crippen LogP contribution in [0.3, 0.4) is 0 Å². The summed E-state index contributed by atoms with van der Waals surface area (Å²) < 4.78 is 29.1. The van der Waals surface area contributed by atoms with E-state index in [-0.39, 0.29) is 12.8 Å². The standard InChI is InChI=1S/C15H14F2N2O5S/c16-15(17)25-10-3-1-9(2-4-10)18-11(20)8-24-14(23)7-19-12(21)5-6-13(19)22/h1-4,15H,5-8H2,(H,18,20). The summed E-state index contributed by atoms with van der Waals surface area (Å²) in [7, 11) is 0. The Morgan fingerprint density at radius 1 is 1.16 bits per heavy atom. The lowest BCUT2D eigenvalue weighted by atomic mass is 10.3. The number of amides is 3. The molecular formula is C15H14F2N2O5S. The van der Waals surface area contributed by atoms with Gasteiger partial charge in [0.05, 0.1) is 0 Å². The van der Waals surface area contributed by atoms with Gasteiger partial charge in [0.15, 0.2) is 6.61 Å². The Balaban J connectivity index is 1.75. The fourth-order valence-electron chi connectivity index (χ4n) is 2.04. The molecule has 7 nitrogen and oxygen atoms in total. The number of nitrogens with zero attached hydrogens (tertiary/aromatic N) is 1. The summed E-state index contributed by atoms with van der Waals surface area (Å²) in [5.41, 5.74) is 0.351. The Hall–Kier alpha value is -2.49. The number of carbonyl (C=O) groups excluding carboxylic acids is 4. The molecule has 1 aliphatic heterocycles. The summed E-state index contributed by atoms with van der Waals surface area (Å²) in [6.07, 6.45) is 0.124. The molecule has 0 radical (unpaired) electrons. The molecule has 134 valence electrons. The average molecular weight is 372 g/mol. The lowest BCUT2D eigenvalue weighted by Crippen LogP contribution is -2.36. The van der Waals surface area contributed by atoms with Crippen molar-refractivity contribution < 1.29 is 32.7 Å². The van der Waals surface area contributed by atoms with Crippen molar-refractivity contribution in [1.29, 1.82) is 0 Å². The Morgan fingerprint density at radius 2 is 1.76 bits per heavy atom. The van der Waals surface area contributed by atoms with Crippen molar-refractivity contribution in [2.45, 2.75) is 23.5 Å². The van der Waals surface area contributed by atoms with Gasteiger partial charge in [0.2, 0.25) is 11.8 Å². The zero-order chi connectivity index (χ0) is 18.4. The van der Waals surface area contributed by atoms with Gasteiger partial charge in [-0.25, -0.2) is 0 Å². The van der Waals surface area contributed by atoms with E-state index in [2.05, 4.69) is 5.32 Å². The normalized spacial score (nSPS) is 14.1. The summed E-state index contributed by atoms with van der Waals surface area (Å²) in [5, 5.41) is 2.43. The first kappa shape index (κ1) is 18.8. The van der Waals surface area contributed by atoms with E-state index in [4.69, 9.17) is 4.74 Å². The van der Waals surface area contributed by atoms with Gasteiger partial charge in [0, 0.05) is 23.4 Å². The molecule has 0 saturated carbocycles. The second-order valence-electron chi connectivity index (χ2n) is 4.99. The Labute approximate surface area is 145 Å². The molecule has 1 N–H and O–H groups in total. The fraction of sp³-hybridized carbons (Fsp3) is 0.333. The number of halogens is 2. The van der Waals surface area contributed by atoms with Gasteiger partial charge in [-0.15, -0.1) is 0 Å². The van der Waals surface area contributed by atoms with E-state index in [9.17, 15) is 28.0 Å². The maximum absolute atomic E-state index is 12.2. The summed E-state index contributed by atoms with van der Waals surface area (Å²) in [6.45, 7) is -1.12. The highest BCUT2D eigenvalue weighted by atomic mass is 32.2. The third-order valence-corrected chi connectivity index (χ3v) is 3.89.